The number of nitrogen functional groups attached to an aromatic ring is 1. The maximum absolute atomic E-state index is 14.1. The molecule has 1 aliphatic rings. The number of benzene rings is 1. The number of nitrogens with two attached hydrogens (primary N) is 1. The van der Waals surface area contributed by atoms with Crippen LogP contribution in [-0.2, 0) is 6.54 Å². The third-order valence-electron chi connectivity index (χ3n) is 4.86. The standard InChI is InChI=1S/C20H17FN6.ClH/c21-16-6-2-1-4-13(16)11-27-20-14(5-3-9-23-20)17(26-27)19-24-10-15(12-7-8-12)18(22)25-19;/h1-6,9-10,12H,7-8,11H2,(H2,22,24,25);1H. The topological polar surface area (TPSA) is 82.5 Å². The summed E-state index contributed by atoms with van der Waals surface area (Å²) >= 11 is 0. The minimum atomic E-state index is -0.270. The molecule has 0 atom stereocenters. The minimum absolute atomic E-state index is 0. The Kier molecular flexibility index (Phi) is 4.68. The Morgan fingerprint density at radius 3 is 2.68 bits per heavy atom. The molecular formula is C20H18ClFN6. The smallest absolute Gasteiger partial charge is 0.182 e. The van der Waals surface area contributed by atoms with E-state index in [0.717, 1.165) is 23.8 Å². The van der Waals surface area contributed by atoms with Crippen LogP contribution in [0.3, 0.4) is 0 Å². The molecule has 1 fully saturated rings. The summed E-state index contributed by atoms with van der Waals surface area (Å²) in [4.78, 5) is 13.4. The summed E-state index contributed by atoms with van der Waals surface area (Å²) in [6.45, 7) is 0.274. The number of fused-ring (bicyclic) bond motifs is 1. The van der Waals surface area contributed by atoms with E-state index in [1.165, 1.54) is 6.07 Å². The van der Waals surface area contributed by atoms with Gasteiger partial charge in [0.15, 0.2) is 11.5 Å². The molecule has 1 aliphatic carbocycles. The number of hydrogen-bond donors (Lipinski definition) is 1. The van der Waals surface area contributed by atoms with E-state index in [4.69, 9.17) is 5.73 Å². The molecule has 3 heterocycles. The van der Waals surface area contributed by atoms with E-state index >= 15 is 0 Å². The first-order valence-electron chi connectivity index (χ1n) is 8.88. The number of hydrogen-bond acceptors (Lipinski definition) is 5. The van der Waals surface area contributed by atoms with Crippen LogP contribution in [0.4, 0.5) is 10.2 Å². The Morgan fingerprint density at radius 2 is 1.93 bits per heavy atom. The number of nitrogens with zero attached hydrogens (tertiary/aromatic N) is 5. The number of rotatable bonds is 4. The fourth-order valence-corrected chi connectivity index (χ4v) is 3.30. The third kappa shape index (κ3) is 3.18. The molecule has 1 aromatic carbocycles. The highest BCUT2D eigenvalue weighted by atomic mass is 35.5. The summed E-state index contributed by atoms with van der Waals surface area (Å²) in [5.74, 6) is 1.18. The van der Waals surface area contributed by atoms with Crippen molar-refractivity contribution in [2.45, 2.75) is 25.3 Å². The van der Waals surface area contributed by atoms with Crippen molar-refractivity contribution in [1.29, 1.82) is 0 Å². The van der Waals surface area contributed by atoms with Crippen LogP contribution < -0.4 is 5.73 Å². The SMILES string of the molecule is Cl.Nc1nc(-c2nn(Cc3ccccc3F)c3ncccc23)ncc1C1CC1. The average molecular weight is 397 g/mol. The lowest BCUT2D eigenvalue weighted by molar-refractivity contribution is 0.589. The van der Waals surface area contributed by atoms with E-state index in [2.05, 4.69) is 20.1 Å². The predicted molar refractivity (Wildman–Crippen MR) is 108 cm³/mol. The average Bonchev–Trinajstić information content (AvgIpc) is 3.46. The molecular weight excluding hydrogens is 379 g/mol. The van der Waals surface area contributed by atoms with Gasteiger partial charge in [-0.05, 0) is 37.0 Å². The zero-order valence-electron chi connectivity index (χ0n) is 14.9. The molecule has 8 heteroatoms. The fourth-order valence-electron chi connectivity index (χ4n) is 3.30. The third-order valence-corrected chi connectivity index (χ3v) is 4.86. The lowest BCUT2D eigenvalue weighted by Crippen LogP contribution is -2.05. The molecule has 0 aliphatic heterocycles. The molecule has 0 radical (unpaired) electrons. The maximum atomic E-state index is 14.1. The van der Waals surface area contributed by atoms with Crippen LogP contribution >= 0.6 is 12.4 Å². The monoisotopic (exact) mass is 396 g/mol. The van der Waals surface area contributed by atoms with Gasteiger partial charge in [-0.15, -0.1) is 12.4 Å². The van der Waals surface area contributed by atoms with Crippen molar-refractivity contribution in [2.24, 2.45) is 0 Å². The largest absolute Gasteiger partial charge is 0.383 e. The summed E-state index contributed by atoms with van der Waals surface area (Å²) in [5.41, 5.74) is 8.95. The van der Waals surface area contributed by atoms with E-state index in [9.17, 15) is 4.39 Å². The van der Waals surface area contributed by atoms with Gasteiger partial charge in [-0.2, -0.15) is 5.10 Å². The zero-order valence-corrected chi connectivity index (χ0v) is 15.7. The normalized spacial score (nSPS) is 13.5. The van der Waals surface area contributed by atoms with Crippen LogP contribution in [0.5, 0.6) is 0 Å². The minimum Gasteiger partial charge on any atom is -0.383 e. The van der Waals surface area contributed by atoms with Crippen molar-refractivity contribution < 1.29 is 4.39 Å². The maximum Gasteiger partial charge on any atom is 0.182 e. The van der Waals surface area contributed by atoms with Gasteiger partial charge in [0, 0.05) is 23.5 Å². The Hall–Kier alpha value is -3.06. The second kappa shape index (κ2) is 7.16. The molecule has 0 unspecified atom stereocenters. The van der Waals surface area contributed by atoms with Gasteiger partial charge >= 0.3 is 0 Å². The first-order valence-corrected chi connectivity index (χ1v) is 8.88. The molecule has 28 heavy (non-hydrogen) atoms. The fraction of sp³-hybridized carbons (Fsp3) is 0.200. The molecule has 3 aromatic heterocycles. The van der Waals surface area contributed by atoms with Gasteiger partial charge in [0.25, 0.3) is 0 Å². The van der Waals surface area contributed by atoms with Gasteiger partial charge in [0.1, 0.15) is 17.3 Å². The molecule has 142 valence electrons. The second-order valence-electron chi connectivity index (χ2n) is 6.78. The number of halogens is 2. The van der Waals surface area contributed by atoms with E-state index < -0.39 is 0 Å². The molecule has 5 rings (SSSR count). The van der Waals surface area contributed by atoms with Gasteiger partial charge in [0.2, 0.25) is 0 Å². The van der Waals surface area contributed by atoms with E-state index in [1.54, 1.807) is 35.3 Å². The van der Waals surface area contributed by atoms with Gasteiger partial charge in [-0.3, -0.25) is 0 Å². The van der Waals surface area contributed by atoms with Gasteiger partial charge in [0.05, 0.1) is 11.9 Å². The quantitative estimate of drug-likeness (QED) is 0.564. The van der Waals surface area contributed by atoms with Crippen LogP contribution in [0.1, 0.15) is 29.9 Å². The van der Waals surface area contributed by atoms with Gasteiger partial charge < -0.3 is 5.73 Å². The molecule has 0 saturated heterocycles. The highest BCUT2D eigenvalue weighted by Gasteiger charge is 2.27. The van der Waals surface area contributed by atoms with Crippen molar-refractivity contribution in [3.63, 3.8) is 0 Å². The summed E-state index contributed by atoms with van der Waals surface area (Å²) in [5, 5.41) is 5.45. The van der Waals surface area contributed by atoms with Crippen LogP contribution in [0.2, 0.25) is 0 Å². The molecule has 1 saturated carbocycles. The molecule has 6 nitrogen and oxygen atoms in total. The first-order chi connectivity index (χ1) is 13.2. The van der Waals surface area contributed by atoms with Crippen molar-refractivity contribution in [2.75, 3.05) is 5.73 Å². The Bertz CT molecular complexity index is 1150. The summed E-state index contributed by atoms with van der Waals surface area (Å²) in [6.07, 6.45) is 5.76. The van der Waals surface area contributed by atoms with Crippen molar-refractivity contribution in [3.05, 3.63) is 65.7 Å². The van der Waals surface area contributed by atoms with Crippen molar-refractivity contribution in [1.82, 2.24) is 24.7 Å². The molecule has 2 N–H and O–H groups in total. The van der Waals surface area contributed by atoms with Crippen LogP contribution in [-0.4, -0.2) is 24.7 Å². The highest BCUT2D eigenvalue weighted by molar-refractivity contribution is 5.89. The van der Waals surface area contributed by atoms with Crippen molar-refractivity contribution in [3.8, 4) is 11.5 Å². The summed E-state index contributed by atoms with van der Waals surface area (Å²) in [6, 6.07) is 10.4. The van der Waals surface area contributed by atoms with E-state index in [0.29, 0.717) is 34.5 Å². The first kappa shape index (κ1) is 18.3. The zero-order chi connectivity index (χ0) is 18.4. The number of aromatic nitrogens is 5. The summed E-state index contributed by atoms with van der Waals surface area (Å²) in [7, 11) is 0. The number of pyridine rings is 1. The highest BCUT2D eigenvalue weighted by Crippen LogP contribution is 2.42. The van der Waals surface area contributed by atoms with E-state index in [1.807, 2.05) is 12.1 Å². The Balaban J connectivity index is 0.00000192. The lowest BCUT2D eigenvalue weighted by Gasteiger charge is -2.05. The van der Waals surface area contributed by atoms with Crippen LogP contribution in [0, 0.1) is 5.82 Å². The van der Waals surface area contributed by atoms with Crippen LogP contribution in [0.15, 0.2) is 48.8 Å². The Morgan fingerprint density at radius 1 is 1.11 bits per heavy atom. The van der Waals surface area contributed by atoms with Crippen molar-refractivity contribution >= 4 is 29.3 Å². The molecule has 0 spiro atoms. The molecule has 0 bridgehead atoms. The lowest BCUT2D eigenvalue weighted by atomic mass is 10.2. The predicted octanol–water partition coefficient (Wildman–Crippen LogP) is 3.96. The van der Waals surface area contributed by atoms with Gasteiger partial charge in [-0.25, -0.2) is 24.0 Å². The van der Waals surface area contributed by atoms with E-state index in [-0.39, 0.29) is 24.8 Å². The van der Waals surface area contributed by atoms with Gasteiger partial charge in [-0.1, -0.05) is 18.2 Å². The molecule has 4 aromatic rings. The second-order valence-corrected chi connectivity index (χ2v) is 6.78. The molecule has 0 amide bonds. The number of anilines is 1. The Labute approximate surface area is 167 Å². The van der Waals surface area contributed by atoms with Crippen LogP contribution in [0.25, 0.3) is 22.6 Å². The summed E-state index contributed by atoms with van der Waals surface area (Å²) < 4.78 is 15.8.